The Morgan fingerprint density at radius 2 is 1.76 bits per heavy atom. The Hall–Kier alpha value is -1.52. The second-order valence-electron chi connectivity index (χ2n) is 11.9. The molecule has 2 heterocycles. The number of ether oxygens (including phenoxy) is 1. The molecule has 1 fully saturated rings. The molecular formula is C23H40FN3O4Si2. The van der Waals surface area contributed by atoms with Crippen molar-refractivity contribution in [2.75, 3.05) is 12.3 Å². The van der Waals surface area contributed by atoms with Gasteiger partial charge in [0.25, 0.3) is 0 Å². The minimum absolute atomic E-state index is 0.0336. The lowest BCUT2D eigenvalue weighted by Gasteiger charge is -2.42. The third-order valence-electron chi connectivity index (χ3n) is 7.38. The summed E-state index contributed by atoms with van der Waals surface area (Å²) in [6.45, 7) is 21.0. The number of nitrogens with two attached hydrogens (primary N) is 1. The molecule has 0 spiro atoms. The van der Waals surface area contributed by atoms with E-state index in [2.05, 4.69) is 65.5 Å². The second kappa shape index (κ2) is 8.93. The topological polar surface area (TPSA) is 88.6 Å². The maximum atomic E-state index is 16.6. The van der Waals surface area contributed by atoms with Gasteiger partial charge in [0.1, 0.15) is 18.0 Å². The molecule has 0 unspecified atom stereocenters. The molecule has 0 aliphatic carbocycles. The van der Waals surface area contributed by atoms with Gasteiger partial charge < -0.3 is 19.3 Å². The molecule has 1 aliphatic rings. The van der Waals surface area contributed by atoms with E-state index in [0.717, 1.165) is 4.57 Å². The molecule has 1 aromatic rings. The lowest BCUT2D eigenvalue weighted by atomic mass is 9.97. The Morgan fingerprint density at radius 3 is 2.21 bits per heavy atom. The van der Waals surface area contributed by atoms with Crippen molar-refractivity contribution >= 4 is 22.5 Å². The zero-order valence-electron chi connectivity index (χ0n) is 21.7. The standard InChI is InChI=1S/C23H40FN3O4Si2/c1-12-23(24)18(31-33(10,11)22(5,6)7)16(15-29-32(8,9)21(2,3)4)30-19(23)27-14-13-17(25)26-20(27)28/h1,13-14,16,18-19H,15H2,2-11H3,(H2,25,26,28)/t16-,18-,19-,23+/m1/s1. The zero-order valence-corrected chi connectivity index (χ0v) is 23.7. The number of nitrogen functional groups attached to an aromatic ring is 1. The highest BCUT2D eigenvalue weighted by Crippen LogP contribution is 2.47. The van der Waals surface area contributed by atoms with Gasteiger partial charge in [0.05, 0.1) is 6.61 Å². The Kier molecular flexibility index (Phi) is 7.50. The minimum Gasteiger partial charge on any atom is -0.414 e. The van der Waals surface area contributed by atoms with Crippen molar-refractivity contribution in [1.82, 2.24) is 9.55 Å². The molecule has 0 saturated carbocycles. The summed E-state index contributed by atoms with van der Waals surface area (Å²) in [5, 5.41) is -0.234. The second-order valence-corrected chi connectivity index (χ2v) is 21.4. The fourth-order valence-electron chi connectivity index (χ4n) is 3.06. The van der Waals surface area contributed by atoms with Crippen LogP contribution >= 0.6 is 0 Å². The molecule has 1 aliphatic heterocycles. The van der Waals surface area contributed by atoms with Crippen molar-refractivity contribution in [3.05, 3.63) is 22.7 Å². The van der Waals surface area contributed by atoms with Crippen LogP contribution in [0, 0.1) is 12.3 Å². The van der Waals surface area contributed by atoms with Crippen LogP contribution in [0.3, 0.4) is 0 Å². The van der Waals surface area contributed by atoms with E-state index in [1.165, 1.54) is 12.3 Å². The van der Waals surface area contributed by atoms with E-state index >= 15 is 4.39 Å². The van der Waals surface area contributed by atoms with E-state index < -0.39 is 46.4 Å². The van der Waals surface area contributed by atoms with Gasteiger partial charge in [-0.1, -0.05) is 47.5 Å². The van der Waals surface area contributed by atoms with Gasteiger partial charge in [-0.3, -0.25) is 4.57 Å². The molecule has 1 aromatic heterocycles. The molecule has 0 aromatic carbocycles. The summed E-state index contributed by atoms with van der Waals surface area (Å²) in [6.07, 6.45) is 3.77. The molecule has 0 bridgehead atoms. The maximum absolute atomic E-state index is 16.6. The van der Waals surface area contributed by atoms with E-state index in [1.54, 1.807) is 0 Å². The number of alkyl halides is 1. The van der Waals surface area contributed by atoms with Crippen LogP contribution in [0.25, 0.3) is 0 Å². The van der Waals surface area contributed by atoms with Crippen LogP contribution in [0.2, 0.25) is 36.3 Å². The van der Waals surface area contributed by atoms with Crippen LogP contribution in [0.1, 0.15) is 47.8 Å². The molecule has 2 rings (SSSR count). The number of aromatic nitrogens is 2. The molecule has 4 atom stereocenters. The van der Waals surface area contributed by atoms with Crippen LogP contribution in [0.4, 0.5) is 10.2 Å². The lowest BCUT2D eigenvalue weighted by molar-refractivity contribution is -0.0518. The van der Waals surface area contributed by atoms with Crippen molar-refractivity contribution in [2.24, 2.45) is 0 Å². The SMILES string of the molecule is C#C[C@]1(F)[C@H](O[Si](C)(C)C(C)(C)C)[C@@H](CO[Si](C)(C)C(C)(C)C)O[C@H]1n1ccc(N)nc1=O. The molecule has 33 heavy (non-hydrogen) atoms. The third-order valence-corrected chi connectivity index (χ3v) is 16.3. The van der Waals surface area contributed by atoms with E-state index in [1.807, 2.05) is 13.1 Å². The fourth-order valence-corrected chi connectivity index (χ4v) is 5.39. The average Bonchev–Trinajstić information content (AvgIpc) is 2.91. The van der Waals surface area contributed by atoms with E-state index in [0.29, 0.717) is 0 Å². The van der Waals surface area contributed by atoms with Gasteiger partial charge >= 0.3 is 5.69 Å². The Labute approximate surface area is 199 Å². The van der Waals surface area contributed by atoms with E-state index in [-0.39, 0.29) is 22.5 Å². The van der Waals surface area contributed by atoms with Crippen LogP contribution in [-0.4, -0.2) is 50.7 Å². The Bertz CT molecular complexity index is 962. The van der Waals surface area contributed by atoms with Gasteiger partial charge in [-0.25, -0.2) is 9.18 Å². The van der Waals surface area contributed by atoms with Crippen molar-refractivity contribution in [3.63, 3.8) is 0 Å². The highest BCUT2D eigenvalue weighted by atomic mass is 28.4. The molecule has 2 N–H and O–H groups in total. The number of halogens is 1. The van der Waals surface area contributed by atoms with Crippen molar-refractivity contribution in [2.45, 2.75) is 102 Å². The van der Waals surface area contributed by atoms with Gasteiger partial charge in [0, 0.05) is 6.20 Å². The molecule has 7 nitrogen and oxygen atoms in total. The van der Waals surface area contributed by atoms with Gasteiger partial charge in [-0.15, -0.1) is 6.42 Å². The van der Waals surface area contributed by atoms with Crippen LogP contribution < -0.4 is 11.4 Å². The van der Waals surface area contributed by atoms with Gasteiger partial charge in [0.15, 0.2) is 22.9 Å². The van der Waals surface area contributed by atoms with Crippen molar-refractivity contribution < 1.29 is 18.0 Å². The summed E-state index contributed by atoms with van der Waals surface area (Å²) in [5.41, 5.74) is 2.47. The molecule has 10 heteroatoms. The summed E-state index contributed by atoms with van der Waals surface area (Å²) < 4.78 is 36.7. The normalized spacial score (nSPS) is 26.9. The molecule has 0 radical (unpaired) electrons. The fraction of sp³-hybridized carbons (Fsp3) is 0.739. The summed E-state index contributed by atoms with van der Waals surface area (Å²) in [4.78, 5) is 16.3. The third kappa shape index (κ3) is 5.43. The summed E-state index contributed by atoms with van der Waals surface area (Å²) in [5.74, 6) is 2.29. The number of nitrogens with zero attached hydrogens (tertiary/aromatic N) is 2. The van der Waals surface area contributed by atoms with Crippen LogP contribution in [0.15, 0.2) is 17.1 Å². The van der Waals surface area contributed by atoms with Gasteiger partial charge in [0.2, 0.25) is 5.67 Å². The monoisotopic (exact) mass is 497 g/mol. The summed E-state index contributed by atoms with van der Waals surface area (Å²) in [7, 11) is -4.63. The van der Waals surface area contributed by atoms with Gasteiger partial charge in [-0.05, 0) is 42.3 Å². The molecule has 1 saturated heterocycles. The highest BCUT2D eigenvalue weighted by molar-refractivity contribution is 6.74. The molecule has 0 amide bonds. The largest absolute Gasteiger partial charge is 0.414 e. The lowest BCUT2D eigenvalue weighted by Crippen LogP contribution is -2.54. The first-order chi connectivity index (χ1) is 14.8. The quantitative estimate of drug-likeness (QED) is 0.461. The highest BCUT2D eigenvalue weighted by Gasteiger charge is 2.61. The number of rotatable bonds is 6. The van der Waals surface area contributed by atoms with Crippen molar-refractivity contribution in [3.8, 4) is 12.3 Å². The smallest absolute Gasteiger partial charge is 0.351 e. The number of anilines is 1. The Balaban J connectivity index is 2.53. The summed E-state index contributed by atoms with van der Waals surface area (Å²) >= 11 is 0. The number of terminal acetylenes is 1. The maximum Gasteiger partial charge on any atom is 0.351 e. The first-order valence-corrected chi connectivity index (χ1v) is 17.1. The first-order valence-electron chi connectivity index (χ1n) is 11.3. The van der Waals surface area contributed by atoms with Crippen LogP contribution in [-0.2, 0) is 13.6 Å². The first kappa shape index (κ1) is 27.7. The predicted molar refractivity (Wildman–Crippen MR) is 135 cm³/mol. The Morgan fingerprint density at radius 1 is 1.21 bits per heavy atom. The zero-order chi connectivity index (χ0) is 25.6. The van der Waals surface area contributed by atoms with E-state index in [9.17, 15) is 4.79 Å². The molecular weight excluding hydrogens is 457 g/mol. The predicted octanol–water partition coefficient (Wildman–Crippen LogP) is 4.48. The average molecular weight is 498 g/mol. The molecule has 186 valence electrons. The van der Waals surface area contributed by atoms with Gasteiger partial charge in [-0.2, -0.15) is 4.98 Å². The van der Waals surface area contributed by atoms with Crippen LogP contribution in [0.5, 0.6) is 0 Å². The summed E-state index contributed by atoms with van der Waals surface area (Å²) in [6, 6.07) is 1.41. The number of hydrogen-bond acceptors (Lipinski definition) is 6. The van der Waals surface area contributed by atoms with E-state index in [4.69, 9.17) is 25.7 Å². The number of hydrogen-bond donors (Lipinski definition) is 1. The van der Waals surface area contributed by atoms with Crippen molar-refractivity contribution in [1.29, 1.82) is 0 Å². The minimum atomic E-state index is -2.46.